The predicted molar refractivity (Wildman–Crippen MR) is 112 cm³/mol. The summed E-state index contributed by atoms with van der Waals surface area (Å²) in [5.41, 5.74) is 3.63. The van der Waals surface area contributed by atoms with E-state index in [0.717, 1.165) is 22.4 Å². The summed E-state index contributed by atoms with van der Waals surface area (Å²) in [6, 6.07) is 13.5. The Morgan fingerprint density at radius 2 is 2.07 bits per heavy atom. The molecule has 0 saturated carbocycles. The highest BCUT2D eigenvalue weighted by atomic mass is 35.5. The number of halogens is 1. The van der Waals surface area contributed by atoms with Gasteiger partial charge in [0.1, 0.15) is 6.61 Å². The maximum absolute atomic E-state index is 13.8. The van der Waals surface area contributed by atoms with Gasteiger partial charge in [0.2, 0.25) is 5.91 Å². The topological polar surface area (TPSA) is 49.9 Å². The molecular weight excluding hydrogens is 396 g/mol. The van der Waals surface area contributed by atoms with Gasteiger partial charge in [-0.05, 0) is 24.6 Å². The van der Waals surface area contributed by atoms with Crippen LogP contribution in [0.15, 0.2) is 42.5 Å². The minimum absolute atomic E-state index is 0.0404. The molecule has 0 N–H and O–H groups in total. The van der Waals surface area contributed by atoms with Crippen molar-refractivity contribution in [2.45, 2.75) is 18.3 Å². The Bertz CT molecular complexity index is 951. The highest BCUT2D eigenvalue weighted by Crippen LogP contribution is 2.54. The summed E-state index contributed by atoms with van der Waals surface area (Å²) in [5, 5.41) is 0.622. The fourth-order valence-electron chi connectivity index (χ4n) is 3.94. The summed E-state index contributed by atoms with van der Waals surface area (Å²) in [4.78, 5) is 28.9. The smallest absolute Gasteiger partial charge is 0.268 e. The lowest BCUT2D eigenvalue weighted by atomic mass is 10.0. The van der Waals surface area contributed by atoms with Crippen LogP contribution in [0, 0.1) is 6.92 Å². The fourth-order valence-corrected chi connectivity index (χ4v) is 5.61. The lowest BCUT2D eigenvalue weighted by molar-refractivity contribution is -0.143. The van der Waals surface area contributed by atoms with Gasteiger partial charge in [-0.15, -0.1) is 11.8 Å². The summed E-state index contributed by atoms with van der Waals surface area (Å²) in [7, 11) is 1.49. The van der Waals surface area contributed by atoms with E-state index in [-0.39, 0.29) is 18.4 Å². The first kappa shape index (κ1) is 19.3. The third-order valence-corrected chi connectivity index (χ3v) is 6.99. The quantitative estimate of drug-likeness (QED) is 0.764. The molecule has 4 rings (SSSR count). The zero-order valence-electron chi connectivity index (χ0n) is 15.8. The van der Waals surface area contributed by atoms with Crippen LogP contribution in [0.2, 0.25) is 5.02 Å². The molecule has 146 valence electrons. The molecule has 2 aromatic carbocycles. The first-order valence-corrected chi connectivity index (χ1v) is 10.4. The minimum Gasteiger partial charge on any atom is -0.375 e. The first-order valence-electron chi connectivity index (χ1n) is 9.09. The Labute approximate surface area is 173 Å². The highest BCUT2D eigenvalue weighted by Gasteiger charge is 2.59. The summed E-state index contributed by atoms with van der Waals surface area (Å²) < 4.78 is 5.06. The minimum atomic E-state index is -1.03. The molecule has 0 aromatic heterocycles. The van der Waals surface area contributed by atoms with E-state index >= 15 is 0 Å². The molecular formula is C21H21ClN2O3S. The second-order valence-corrected chi connectivity index (χ2v) is 8.67. The molecule has 2 aromatic rings. The van der Waals surface area contributed by atoms with E-state index in [0.29, 0.717) is 23.9 Å². The Morgan fingerprint density at radius 1 is 1.29 bits per heavy atom. The van der Waals surface area contributed by atoms with Gasteiger partial charge in [0, 0.05) is 30.0 Å². The van der Waals surface area contributed by atoms with Crippen LogP contribution in [0.25, 0.3) is 0 Å². The number of nitrogens with zero attached hydrogens (tertiary/aromatic N) is 2. The van der Waals surface area contributed by atoms with Gasteiger partial charge in [-0.1, -0.05) is 47.5 Å². The summed E-state index contributed by atoms with van der Waals surface area (Å²) in [6.45, 7) is 2.84. The molecule has 2 amide bonds. The number of rotatable bonds is 4. The van der Waals surface area contributed by atoms with Gasteiger partial charge >= 0.3 is 0 Å². The largest absolute Gasteiger partial charge is 0.375 e. The number of hydrogen-bond donors (Lipinski definition) is 0. The number of thioether (sulfide) groups is 1. The molecule has 0 aliphatic carbocycles. The molecule has 0 bridgehead atoms. The number of amides is 2. The standard InChI is InChI=1S/C21H21ClN2O3S/c1-14-7-8-18-16(11-14)21(24(9-10-28-21)19(25)13-27-2)20(26)23(18)12-15-5-3-4-6-17(15)22/h3-8,11H,9-10,12-13H2,1-2H3/t21-/m0/s1. The van der Waals surface area contributed by atoms with Gasteiger partial charge in [0.15, 0.2) is 4.87 Å². The van der Waals surface area contributed by atoms with E-state index in [9.17, 15) is 9.59 Å². The van der Waals surface area contributed by atoms with Crippen LogP contribution in [0.3, 0.4) is 0 Å². The van der Waals surface area contributed by atoms with Crippen molar-refractivity contribution >= 4 is 40.9 Å². The maximum atomic E-state index is 13.8. The van der Waals surface area contributed by atoms with Gasteiger partial charge in [0.25, 0.3) is 5.91 Å². The van der Waals surface area contributed by atoms with Crippen molar-refractivity contribution in [1.82, 2.24) is 4.90 Å². The first-order chi connectivity index (χ1) is 13.5. The predicted octanol–water partition coefficient (Wildman–Crippen LogP) is 3.57. The number of ether oxygens (including phenoxy) is 1. The zero-order valence-corrected chi connectivity index (χ0v) is 17.3. The second kappa shape index (κ2) is 7.43. The van der Waals surface area contributed by atoms with E-state index in [1.54, 1.807) is 9.80 Å². The van der Waals surface area contributed by atoms with Gasteiger partial charge in [-0.2, -0.15) is 0 Å². The van der Waals surface area contributed by atoms with Crippen molar-refractivity contribution in [3.8, 4) is 0 Å². The summed E-state index contributed by atoms with van der Waals surface area (Å²) >= 11 is 7.87. The average Bonchev–Trinajstić information content (AvgIpc) is 3.21. The maximum Gasteiger partial charge on any atom is 0.268 e. The third kappa shape index (κ3) is 2.91. The molecule has 2 aliphatic heterocycles. The van der Waals surface area contributed by atoms with Gasteiger partial charge in [-0.25, -0.2) is 0 Å². The van der Waals surface area contributed by atoms with E-state index in [2.05, 4.69) is 0 Å². The van der Waals surface area contributed by atoms with Crippen molar-refractivity contribution in [3.05, 3.63) is 64.2 Å². The van der Waals surface area contributed by atoms with Crippen molar-refractivity contribution in [1.29, 1.82) is 0 Å². The van der Waals surface area contributed by atoms with Gasteiger partial charge < -0.3 is 14.5 Å². The fraction of sp³-hybridized carbons (Fsp3) is 0.333. The second-order valence-electron chi connectivity index (χ2n) is 6.97. The molecule has 0 unspecified atom stereocenters. The molecule has 2 heterocycles. The molecule has 2 aliphatic rings. The Kier molecular flexibility index (Phi) is 5.12. The normalized spacial score (nSPS) is 20.9. The number of benzene rings is 2. The number of carbonyl (C=O) groups is 2. The van der Waals surface area contributed by atoms with Crippen LogP contribution in [-0.2, 0) is 25.7 Å². The Hall–Kier alpha value is -2.02. The molecule has 1 saturated heterocycles. The van der Waals surface area contributed by atoms with Crippen molar-refractivity contribution in [2.24, 2.45) is 0 Å². The van der Waals surface area contributed by atoms with Crippen LogP contribution in [-0.4, -0.2) is 42.7 Å². The zero-order chi connectivity index (χ0) is 19.9. The van der Waals surface area contributed by atoms with E-state index < -0.39 is 4.87 Å². The average molecular weight is 417 g/mol. The van der Waals surface area contributed by atoms with Crippen molar-refractivity contribution < 1.29 is 14.3 Å². The van der Waals surface area contributed by atoms with E-state index in [1.807, 2.05) is 49.4 Å². The number of carbonyl (C=O) groups excluding carboxylic acids is 2. The van der Waals surface area contributed by atoms with Crippen LogP contribution in [0.5, 0.6) is 0 Å². The van der Waals surface area contributed by atoms with Crippen LogP contribution >= 0.6 is 23.4 Å². The van der Waals surface area contributed by atoms with Crippen molar-refractivity contribution in [3.63, 3.8) is 0 Å². The van der Waals surface area contributed by atoms with E-state index in [4.69, 9.17) is 16.3 Å². The van der Waals surface area contributed by atoms with Crippen LogP contribution in [0.4, 0.5) is 5.69 Å². The number of fused-ring (bicyclic) bond motifs is 2. The van der Waals surface area contributed by atoms with Crippen molar-refractivity contribution in [2.75, 3.05) is 30.9 Å². The molecule has 7 heteroatoms. The Balaban J connectivity index is 1.81. The molecule has 1 spiro atoms. The Morgan fingerprint density at radius 3 is 2.82 bits per heavy atom. The highest BCUT2D eigenvalue weighted by molar-refractivity contribution is 8.01. The number of aryl methyl sites for hydroxylation is 1. The summed E-state index contributed by atoms with van der Waals surface area (Å²) in [5.74, 6) is 0.432. The number of anilines is 1. The van der Waals surface area contributed by atoms with Crippen LogP contribution < -0.4 is 4.90 Å². The monoisotopic (exact) mass is 416 g/mol. The lowest BCUT2D eigenvalue weighted by Crippen LogP contribution is -2.51. The lowest BCUT2D eigenvalue weighted by Gasteiger charge is -2.33. The van der Waals surface area contributed by atoms with E-state index in [1.165, 1.54) is 18.9 Å². The summed E-state index contributed by atoms with van der Waals surface area (Å²) in [6.07, 6.45) is 0. The number of hydrogen-bond acceptors (Lipinski definition) is 4. The van der Waals surface area contributed by atoms with Gasteiger partial charge in [-0.3, -0.25) is 9.59 Å². The SMILES string of the molecule is COCC(=O)N1CCS[C@@]12C(=O)N(Cc1ccccc1Cl)c1ccc(C)cc12. The molecule has 1 fully saturated rings. The van der Waals surface area contributed by atoms with Gasteiger partial charge in [0.05, 0.1) is 12.2 Å². The molecule has 28 heavy (non-hydrogen) atoms. The molecule has 0 radical (unpaired) electrons. The third-order valence-electron chi connectivity index (χ3n) is 5.20. The molecule has 1 atom stereocenters. The number of methoxy groups -OCH3 is 1. The van der Waals surface area contributed by atoms with Crippen LogP contribution in [0.1, 0.15) is 16.7 Å². The molecule has 5 nitrogen and oxygen atoms in total.